The van der Waals surface area contributed by atoms with Crippen LogP contribution in [-0.2, 0) is 10.8 Å². The summed E-state index contributed by atoms with van der Waals surface area (Å²) < 4.78 is 13.5. The number of fused-ring (bicyclic) bond motifs is 22. The first-order valence-corrected chi connectivity index (χ1v) is 27.8. The van der Waals surface area contributed by atoms with Crippen molar-refractivity contribution in [2.45, 2.75) is 10.8 Å². The normalized spacial score (nSPS) is 14.2. The van der Waals surface area contributed by atoms with E-state index in [1.807, 2.05) is 0 Å². The predicted molar refractivity (Wildman–Crippen MR) is 328 cm³/mol. The van der Waals surface area contributed by atoms with Crippen LogP contribution in [0.1, 0.15) is 44.5 Å². The quantitative estimate of drug-likeness (QED) is 0.164. The third-order valence-electron chi connectivity index (χ3n) is 18.4. The zero-order chi connectivity index (χ0) is 52.3. The highest BCUT2D eigenvalue weighted by atomic mass is 16.5. The third kappa shape index (κ3) is 5.61. The first-order valence-electron chi connectivity index (χ1n) is 27.8. The molecule has 2 spiro atoms. The van der Waals surface area contributed by atoms with Crippen molar-refractivity contribution in [1.29, 1.82) is 0 Å². The zero-order valence-electron chi connectivity index (χ0n) is 43.4. The van der Waals surface area contributed by atoms with Crippen LogP contribution in [0.3, 0.4) is 0 Å². The molecule has 370 valence electrons. The molecule has 2 heteroatoms. The molecule has 0 unspecified atom stereocenters. The number of hydrogen-bond acceptors (Lipinski definition) is 2. The summed E-state index contributed by atoms with van der Waals surface area (Å²) in [5.74, 6) is 3.57. The minimum absolute atomic E-state index is 0.592. The summed E-state index contributed by atoms with van der Waals surface area (Å²) in [4.78, 5) is 0. The molecule has 0 bridgehead atoms. The molecule has 2 nitrogen and oxygen atoms in total. The van der Waals surface area contributed by atoms with Gasteiger partial charge < -0.3 is 9.47 Å². The van der Waals surface area contributed by atoms with Gasteiger partial charge in [0.1, 0.15) is 23.0 Å². The van der Waals surface area contributed by atoms with Crippen LogP contribution in [0.25, 0.3) is 98.7 Å². The maximum atomic E-state index is 6.76. The van der Waals surface area contributed by atoms with E-state index in [-0.39, 0.29) is 0 Å². The van der Waals surface area contributed by atoms with Crippen molar-refractivity contribution in [3.8, 4) is 78.6 Å². The number of ether oxygens (including phenoxy) is 2. The lowest BCUT2D eigenvalue weighted by atomic mass is 9.66. The van der Waals surface area contributed by atoms with E-state index in [2.05, 4.69) is 279 Å². The summed E-state index contributed by atoms with van der Waals surface area (Å²) in [5, 5.41) is 9.77. The number of hydrogen-bond donors (Lipinski definition) is 0. The van der Waals surface area contributed by atoms with Crippen LogP contribution in [0, 0.1) is 0 Å². The fraction of sp³-hybridized carbons (Fsp3) is 0.0256. The molecule has 14 aromatic rings. The summed E-state index contributed by atoms with van der Waals surface area (Å²) in [6.45, 7) is 0. The van der Waals surface area contributed by atoms with Gasteiger partial charge in [-0.15, -0.1) is 0 Å². The highest BCUT2D eigenvalue weighted by Gasteiger charge is 2.53. The van der Waals surface area contributed by atoms with Gasteiger partial charge in [0.05, 0.1) is 10.8 Å². The minimum Gasteiger partial charge on any atom is -0.457 e. The summed E-state index contributed by atoms with van der Waals surface area (Å²) >= 11 is 0. The van der Waals surface area contributed by atoms with E-state index in [9.17, 15) is 0 Å². The smallest absolute Gasteiger partial charge is 0.132 e. The highest BCUT2D eigenvalue weighted by Crippen LogP contribution is 2.66. The van der Waals surface area contributed by atoms with Crippen LogP contribution in [0.4, 0.5) is 0 Å². The van der Waals surface area contributed by atoms with Gasteiger partial charge in [-0.05, 0) is 170 Å². The van der Waals surface area contributed by atoms with Gasteiger partial charge in [0.2, 0.25) is 0 Å². The van der Waals surface area contributed by atoms with Crippen LogP contribution < -0.4 is 9.47 Å². The van der Waals surface area contributed by atoms with E-state index >= 15 is 0 Å². The second-order valence-electron chi connectivity index (χ2n) is 22.1. The molecule has 14 aromatic carbocycles. The first kappa shape index (κ1) is 43.8. The topological polar surface area (TPSA) is 18.5 Å². The van der Waals surface area contributed by atoms with Crippen LogP contribution in [0.15, 0.2) is 279 Å². The fourth-order valence-electron chi connectivity index (χ4n) is 15.3. The third-order valence-corrected chi connectivity index (χ3v) is 18.4. The van der Waals surface area contributed by atoms with Crippen molar-refractivity contribution in [1.82, 2.24) is 0 Å². The summed E-state index contributed by atoms with van der Waals surface area (Å²) in [7, 11) is 0. The van der Waals surface area contributed by atoms with Crippen molar-refractivity contribution in [3.63, 3.8) is 0 Å². The van der Waals surface area contributed by atoms with Crippen molar-refractivity contribution >= 4 is 43.1 Å². The number of rotatable bonds is 3. The average molecular weight is 1020 g/mol. The second kappa shape index (κ2) is 16.1. The molecule has 0 radical (unpaired) electrons. The Kier molecular flexibility index (Phi) is 8.83. The molecular formula is C78H46O2. The van der Waals surface area contributed by atoms with Gasteiger partial charge in [-0.3, -0.25) is 0 Å². The number of benzene rings is 14. The lowest BCUT2D eigenvalue weighted by molar-refractivity contribution is 0.436. The van der Waals surface area contributed by atoms with Gasteiger partial charge in [-0.1, -0.05) is 231 Å². The van der Waals surface area contributed by atoms with E-state index in [0.29, 0.717) is 0 Å². The Morgan fingerprint density at radius 3 is 1.02 bits per heavy atom. The molecule has 0 saturated heterocycles. The zero-order valence-corrected chi connectivity index (χ0v) is 43.4. The molecule has 2 aliphatic heterocycles. The van der Waals surface area contributed by atoms with Crippen LogP contribution in [-0.4, -0.2) is 0 Å². The molecule has 4 aliphatic rings. The molecule has 2 aliphatic carbocycles. The fourth-order valence-corrected chi connectivity index (χ4v) is 15.3. The molecule has 80 heavy (non-hydrogen) atoms. The van der Waals surface area contributed by atoms with Crippen molar-refractivity contribution < 1.29 is 9.47 Å². The first-order chi connectivity index (χ1) is 39.7. The number of para-hydroxylation sites is 4. The minimum atomic E-state index is -0.592. The predicted octanol–water partition coefficient (Wildman–Crippen LogP) is 20.2. The van der Waals surface area contributed by atoms with E-state index < -0.39 is 10.8 Å². The second-order valence-corrected chi connectivity index (χ2v) is 22.1. The maximum Gasteiger partial charge on any atom is 0.132 e. The monoisotopic (exact) mass is 1010 g/mol. The summed E-state index contributed by atoms with van der Waals surface area (Å²) in [5.41, 5.74) is 20.8. The Morgan fingerprint density at radius 1 is 0.200 bits per heavy atom. The molecular weight excluding hydrogens is 969 g/mol. The van der Waals surface area contributed by atoms with Gasteiger partial charge in [-0.2, -0.15) is 0 Å². The Hall–Kier alpha value is -10.3. The standard InChI is InChI=1S/C78H46O2/c1-2-20-48-44-51-45-50(42-41-49(51)43-47(48)19-1)74-56-25-15-23-52(54-27-17-35-68-75(54)58-21-3-5-29-62(58)77(68)64-31-7-11-37-70(64)79-71-38-12-8-32-65(71)77)60(56)46-61-53(24-16-26-57(61)74)55-28-18-36-69-76(55)59-22-4-6-30-63(59)78(69)66-33-9-13-39-72(66)80-73-40-14-10-34-67(73)78/h1-46H. The molecule has 0 amide bonds. The van der Waals surface area contributed by atoms with Gasteiger partial charge in [-0.25, -0.2) is 0 Å². The molecule has 18 rings (SSSR count). The van der Waals surface area contributed by atoms with Crippen LogP contribution in [0.2, 0.25) is 0 Å². The van der Waals surface area contributed by atoms with Gasteiger partial charge in [0.15, 0.2) is 0 Å². The van der Waals surface area contributed by atoms with Gasteiger partial charge in [0, 0.05) is 22.3 Å². The molecule has 0 N–H and O–H groups in total. The van der Waals surface area contributed by atoms with Crippen molar-refractivity contribution in [3.05, 3.63) is 324 Å². The summed E-state index contributed by atoms with van der Waals surface area (Å²) in [6, 6.07) is 104. The van der Waals surface area contributed by atoms with E-state index in [4.69, 9.17) is 9.47 Å². The highest BCUT2D eigenvalue weighted by molar-refractivity contribution is 6.21. The maximum absolute atomic E-state index is 6.76. The van der Waals surface area contributed by atoms with Crippen LogP contribution in [0.5, 0.6) is 23.0 Å². The Labute approximate surface area is 463 Å². The van der Waals surface area contributed by atoms with E-state index in [1.165, 1.54) is 121 Å². The van der Waals surface area contributed by atoms with E-state index in [0.717, 1.165) is 45.3 Å². The van der Waals surface area contributed by atoms with Gasteiger partial charge in [0.25, 0.3) is 0 Å². The lowest BCUT2D eigenvalue weighted by Gasteiger charge is -2.39. The van der Waals surface area contributed by atoms with Crippen molar-refractivity contribution in [2.75, 3.05) is 0 Å². The Morgan fingerprint density at radius 2 is 0.550 bits per heavy atom. The van der Waals surface area contributed by atoms with Gasteiger partial charge >= 0.3 is 0 Å². The average Bonchev–Trinajstić information content (AvgIpc) is 4.02. The Balaban J connectivity index is 0.947. The lowest BCUT2D eigenvalue weighted by Crippen LogP contribution is -2.32. The Bertz CT molecular complexity index is 4690. The largest absolute Gasteiger partial charge is 0.457 e. The van der Waals surface area contributed by atoms with Crippen molar-refractivity contribution in [2.24, 2.45) is 0 Å². The molecule has 2 heterocycles. The van der Waals surface area contributed by atoms with E-state index in [1.54, 1.807) is 0 Å². The molecule has 0 fully saturated rings. The SMILES string of the molecule is c1ccc2c(c1)Oc1ccccc1C21c2ccccc2-c2c(-c3cccc4c(-c5ccc6cc7ccccc7cc6c5)c5cccc(-c6cccc7c6-c6ccccc6C76c7ccccc7Oc7ccccc76)c5cc34)cccc21. The summed E-state index contributed by atoms with van der Waals surface area (Å²) in [6.07, 6.45) is 0. The molecule has 0 saturated carbocycles. The molecule has 0 aromatic heterocycles. The molecule has 0 atom stereocenters. The van der Waals surface area contributed by atoms with Crippen LogP contribution >= 0.6 is 0 Å².